The van der Waals surface area contributed by atoms with Crippen molar-refractivity contribution in [3.05, 3.63) is 107 Å². The quantitative estimate of drug-likeness (QED) is 0.471. The predicted molar refractivity (Wildman–Crippen MR) is 102 cm³/mol. The molecule has 0 aliphatic rings. The molecule has 0 N–H and O–H groups in total. The van der Waals surface area contributed by atoms with E-state index in [1.54, 1.807) is 0 Å². The summed E-state index contributed by atoms with van der Waals surface area (Å²) in [4.78, 5) is 0. The number of halogens is 1. The molecule has 0 bridgehead atoms. The van der Waals surface area contributed by atoms with E-state index in [-0.39, 0.29) is 17.7 Å². The van der Waals surface area contributed by atoms with Crippen molar-refractivity contribution in [3.63, 3.8) is 0 Å². The highest BCUT2D eigenvalue weighted by Gasteiger charge is 2.19. The van der Waals surface area contributed by atoms with Crippen LogP contribution in [-0.2, 0) is 0 Å². The first-order chi connectivity index (χ1) is 12.2. The minimum absolute atomic E-state index is 0.0725. The lowest BCUT2D eigenvalue weighted by molar-refractivity contribution is 0.585. The molecule has 0 fully saturated rings. The van der Waals surface area contributed by atoms with E-state index in [1.165, 1.54) is 5.56 Å². The molecule has 0 aliphatic carbocycles. The van der Waals surface area contributed by atoms with Gasteiger partial charge >= 0.3 is 0 Å². The van der Waals surface area contributed by atoms with Crippen molar-refractivity contribution in [3.8, 4) is 0 Å². The average Bonchev–Trinajstić information content (AvgIpc) is 2.66. The van der Waals surface area contributed by atoms with Crippen molar-refractivity contribution in [1.82, 2.24) is 0 Å². The van der Waals surface area contributed by atoms with Gasteiger partial charge in [0.1, 0.15) is 5.82 Å². The maximum atomic E-state index is 14.9. The molecule has 0 saturated heterocycles. The van der Waals surface area contributed by atoms with Gasteiger partial charge in [0.05, 0.1) is 0 Å². The molecule has 0 amide bonds. The van der Waals surface area contributed by atoms with Crippen LogP contribution >= 0.6 is 0 Å². The Labute approximate surface area is 150 Å². The minimum Gasteiger partial charge on any atom is -0.206 e. The average molecular weight is 331 g/mol. The Kier molecular flexibility index (Phi) is 5.65. The summed E-state index contributed by atoms with van der Waals surface area (Å²) in [6.07, 6.45) is 1.79. The standard InChI is InChI=1S/C24H24F/c1-3-21(18-11-7-5-8-12-18)20-15-16-23(24(25)17-20)22(4-2)19-13-9-6-10-14-19/h5-16,21-22H,3-4H2,1-2H3. The third kappa shape index (κ3) is 3.82. The van der Waals surface area contributed by atoms with Crippen LogP contribution < -0.4 is 0 Å². The molecule has 0 heterocycles. The Balaban J connectivity index is 1.95. The fourth-order valence-corrected chi connectivity index (χ4v) is 3.61. The van der Waals surface area contributed by atoms with Crippen molar-refractivity contribution in [1.29, 1.82) is 0 Å². The third-order valence-corrected chi connectivity index (χ3v) is 4.92. The third-order valence-electron chi connectivity index (χ3n) is 4.92. The summed E-state index contributed by atoms with van der Waals surface area (Å²) in [5.41, 5.74) is 4.03. The van der Waals surface area contributed by atoms with Gasteiger partial charge in [-0.15, -0.1) is 0 Å². The van der Waals surface area contributed by atoms with Gasteiger partial charge < -0.3 is 0 Å². The van der Waals surface area contributed by atoms with Crippen LogP contribution in [0.2, 0.25) is 0 Å². The van der Waals surface area contributed by atoms with Crippen LogP contribution in [0, 0.1) is 11.9 Å². The second-order valence-corrected chi connectivity index (χ2v) is 6.43. The van der Waals surface area contributed by atoms with E-state index in [9.17, 15) is 4.39 Å². The molecule has 3 aromatic carbocycles. The van der Waals surface area contributed by atoms with Crippen molar-refractivity contribution >= 4 is 0 Å². The molecule has 127 valence electrons. The molecular formula is C24H24F. The van der Waals surface area contributed by atoms with Gasteiger partial charge in [-0.1, -0.05) is 86.6 Å². The molecule has 3 rings (SSSR count). The van der Waals surface area contributed by atoms with Crippen molar-refractivity contribution in [2.75, 3.05) is 0 Å². The van der Waals surface area contributed by atoms with Crippen molar-refractivity contribution < 1.29 is 4.39 Å². The summed E-state index contributed by atoms with van der Waals surface area (Å²) in [6, 6.07) is 27.5. The van der Waals surface area contributed by atoms with Gasteiger partial charge in [0, 0.05) is 17.9 Å². The summed E-state index contributed by atoms with van der Waals surface area (Å²) in [5.74, 6) is 0.0347. The van der Waals surface area contributed by atoms with E-state index >= 15 is 0 Å². The minimum atomic E-state index is -0.220. The summed E-state index contributed by atoms with van der Waals surface area (Å²) in [5, 5.41) is 0. The molecular weight excluding hydrogens is 307 g/mol. The highest BCUT2D eigenvalue weighted by molar-refractivity contribution is 5.38. The van der Waals surface area contributed by atoms with Crippen LogP contribution in [0.3, 0.4) is 0 Å². The summed E-state index contributed by atoms with van der Waals surface area (Å²) >= 11 is 0. The molecule has 2 unspecified atom stereocenters. The fourth-order valence-electron chi connectivity index (χ4n) is 3.61. The molecule has 2 atom stereocenters. The van der Waals surface area contributed by atoms with E-state index in [1.807, 2.05) is 48.5 Å². The highest BCUT2D eigenvalue weighted by Crippen LogP contribution is 2.33. The van der Waals surface area contributed by atoms with Crippen LogP contribution in [0.5, 0.6) is 0 Å². The highest BCUT2D eigenvalue weighted by atomic mass is 19.1. The summed E-state index contributed by atoms with van der Waals surface area (Å²) in [7, 11) is 0. The van der Waals surface area contributed by atoms with E-state index in [0.29, 0.717) is 0 Å². The normalized spacial score (nSPS) is 13.4. The van der Waals surface area contributed by atoms with Crippen LogP contribution in [0.15, 0.2) is 72.8 Å². The fraction of sp³-hybridized carbons (Fsp3) is 0.250. The maximum Gasteiger partial charge on any atom is 0.135 e. The molecule has 0 aromatic heterocycles. The van der Waals surface area contributed by atoms with Gasteiger partial charge in [-0.3, -0.25) is 0 Å². The topological polar surface area (TPSA) is 0 Å². The Morgan fingerprint density at radius 1 is 0.720 bits per heavy atom. The first kappa shape index (κ1) is 17.4. The Bertz CT molecular complexity index is 793. The maximum absolute atomic E-state index is 14.9. The SMILES string of the molecule is CCC(c1[c]c(F)c(C(CC)c2ccccc2)cc1)c1ccccc1. The van der Waals surface area contributed by atoms with Crippen LogP contribution in [0.4, 0.5) is 4.39 Å². The number of hydrogen-bond acceptors (Lipinski definition) is 0. The van der Waals surface area contributed by atoms with E-state index in [4.69, 9.17) is 0 Å². The molecule has 3 aromatic rings. The first-order valence-electron chi connectivity index (χ1n) is 9.06. The Morgan fingerprint density at radius 2 is 1.24 bits per heavy atom. The molecule has 0 aliphatic heterocycles. The lowest BCUT2D eigenvalue weighted by Gasteiger charge is -2.20. The molecule has 0 saturated carbocycles. The van der Waals surface area contributed by atoms with Gasteiger partial charge in [0.2, 0.25) is 0 Å². The van der Waals surface area contributed by atoms with Gasteiger partial charge in [-0.2, -0.15) is 0 Å². The zero-order valence-electron chi connectivity index (χ0n) is 14.9. The van der Waals surface area contributed by atoms with Gasteiger partial charge in [0.25, 0.3) is 0 Å². The molecule has 0 spiro atoms. The molecule has 1 heteroatoms. The lowest BCUT2D eigenvalue weighted by atomic mass is 9.85. The van der Waals surface area contributed by atoms with Crippen LogP contribution in [-0.4, -0.2) is 0 Å². The number of benzene rings is 3. The van der Waals surface area contributed by atoms with Crippen molar-refractivity contribution in [2.24, 2.45) is 0 Å². The Hall–Kier alpha value is -2.41. The second-order valence-electron chi connectivity index (χ2n) is 6.43. The van der Waals surface area contributed by atoms with Gasteiger partial charge in [0.15, 0.2) is 0 Å². The molecule has 25 heavy (non-hydrogen) atoms. The van der Waals surface area contributed by atoms with E-state index in [2.05, 4.69) is 44.2 Å². The molecule has 0 nitrogen and oxygen atoms in total. The number of hydrogen-bond donors (Lipinski definition) is 0. The molecule has 1 radical (unpaired) electrons. The predicted octanol–water partition coefficient (Wildman–Crippen LogP) is 6.71. The zero-order chi connectivity index (χ0) is 17.6. The van der Waals surface area contributed by atoms with Gasteiger partial charge in [-0.05, 0) is 35.1 Å². The number of rotatable bonds is 6. The first-order valence-corrected chi connectivity index (χ1v) is 9.06. The van der Waals surface area contributed by atoms with Crippen LogP contribution in [0.25, 0.3) is 0 Å². The van der Waals surface area contributed by atoms with E-state index in [0.717, 1.165) is 29.5 Å². The van der Waals surface area contributed by atoms with Gasteiger partial charge in [-0.25, -0.2) is 4.39 Å². The Morgan fingerprint density at radius 3 is 1.72 bits per heavy atom. The summed E-state index contributed by atoms with van der Waals surface area (Å²) < 4.78 is 14.9. The van der Waals surface area contributed by atoms with Crippen molar-refractivity contribution in [2.45, 2.75) is 38.5 Å². The van der Waals surface area contributed by atoms with E-state index < -0.39 is 0 Å². The largest absolute Gasteiger partial charge is 0.206 e. The summed E-state index contributed by atoms with van der Waals surface area (Å²) in [6.45, 7) is 4.24. The monoisotopic (exact) mass is 331 g/mol. The lowest BCUT2D eigenvalue weighted by Crippen LogP contribution is -2.06. The smallest absolute Gasteiger partial charge is 0.135 e. The zero-order valence-corrected chi connectivity index (χ0v) is 14.9. The van der Waals surface area contributed by atoms with Crippen LogP contribution in [0.1, 0.15) is 60.8 Å². The second kappa shape index (κ2) is 8.11.